The lowest BCUT2D eigenvalue weighted by Crippen LogP contribution is -2.54. The summed E-state index contributed by atoms with van der Waals surface area (Å²) in [5, 5.41) is 1.06. The molecule has 1 saturated carbocycles. The van der Waals surface area contributed by atoms with Gasteiger partial charge in [0.2, 0.25) is 8.32 Å². The largest absolute Gasteiger partial charge is 0.427 e. The van der Waals surface area contributed by atoms with E-state index in [1.54, 1.807) is 0 Å². The van der Waals surface area contributed by atoms with Crippen LogP contribution in [0.2, 0.25) is 11.6 Å². The third-order valence-electron chi connectivity index (χ3n) is 6.78. The van der Waals surface area contributed by atoms with Gasteiger partial charge in [0.05, 0.1) is 26.7 Å². The number of benzene rings is 1. The summed E-state index contributed by atoms with van der Waals surface area (Å²) in [4.78, 5) is 11.8. The van der Waals surface area contributed by atoms with Crippen LogP contribution in [0, 0.1) is 5.82 Å². The maximum absolute atomic E-state index is 13.4. The van der Waals surface area contributed by atoms with Crippen molar-refractivity contribution in [2.24, 2.45) is 0 Å². The van der Waals surface area contributed by atoms with E-state index in [0.29, 0.717) is 5.54 Å². The van der Waals surface area contributed by atoms with Crippen molar-refractivity contribution < 1.29 is 13.7 Å². The van der Waals surface area contributed by atoms with E-state index in [2.05, 4.69) is 7.05 Å². The molecule has 1 saturated heterocycles. The van der Waals surface area contributed by atoms with Gasteiger partial charge in [0, 0.05) is 0 Å². The fourth-order valence-corrected chi connectivity index (χ4v) is 9.11. The zero-order valence-corrected chi connectivity index (χ0v) is 16.9. The highest BCUT2D eigenvalue weighted by Gasteiger charge is 2.42. The van der Waals surface area contributed by atoms with Gasteiger partial charge in [-0.1, -0.05) is 44.2 Å². The van der Waals surface area contributed by atoms with Gasteiger partial charge in [0.15, 0.2) is 0 Å². The van der Waals surface area contributed by atoms with Crippen LogP contribution < -0.4 is 5.19 Å². The van der Waals surface area contributed by atoms with Crippen LogP contribution in [-0.2, 0) is 0 Å². The van der Waals surface area contributed by atoms with E-state index in [1.165, 1.54) is 74.8 Å². The van der Waals surface area contributed by atoms with Crippen molar-refractivity contribution >= 4 is 13.5 Å². The molecule has 0 unspecified atom stereocenters. The Bertz CT molecular complexity index is 537. The quantitative estimate of drug-likeness (QED) is 0.588. The topological polar surface area (TPSA) is 20.2 Å². The summed E-state index contributed by atoms with van der Waals surface area (Å²) in [6.45, 7) is 3.77. The van der Waals surface area contributed by atoms with Crippen LogP contribution in [0.5, 0.6) is 0 Å². The maximum atomic E-state index is 13.4. The van der Waals surface area contributed by atoms with Crippen molar-refractivity contribution in [3.8, 4) is 0 Å². The number of nitrogens with zero attached hydrogens (tertiary/aromatic N) is 1. The van der Waals surface area contributed by atoms with Gasteiger partial charge in [-0.3, -0.25) is 0 Å². The van der Waals surface area contributed by atoms with E-state index in [-0.39, 0.29) is 5.82 Å². The molecule has 2 nitrogen and oxygen atoms in total. The number of quaternary nitrogens is 1. The highest BCUT2D eigenvalue weighted by molar-refractivity contribution is 6.86. The van der Waals surface area contributed by atoms with E-state index in [1.807, 2.05) is 12.1 Å². The third-order valence-corrected chi connectivity index (χ3v) is 11.2. The van der Waals surface area contributed by atoms with Crippen LogP contribution in [0.4, 0.5) is 4.39 Å². The highest BCUT2D eigenvalue weighted by atomic mass is 28.4. The van der Waals surface area contributed by atoms with Crippen LogP contribution in [0.15, 0.2) is 24.3 Å². The van der Waals surface area contributed by atoms with Gasteiger partial charge >= 0.3 is 0 Å². The van der Waals surface area contributed by atoms with Crippen LogP contribution in [-0.4, -0.2) is 44.3 Å². The fourth-order valence-electron chi connectivity index (χ4n) is 5.13. The van der Waals surface area contributed by atoms with Crippen molar-refractivity contribution in [3.05, 3.63) is 30.1 Å². The van der Waals surface area contributed by atoms with Gasteiger partial charge in [0.25, 0.3) is 0 Å². The molecule has 1 aromatic carbocycles. The summed E-state index contributed by atoms with van der Waals surface area (Å²) in [5.74, 6) is -0.199. The van der Waals surface area contributed by atoms with Gasteiger partial charge < -0.3 is 9.28 Å². The Labute approximate surface area is 153 Å². The van der Waals surface area contributed by atoms with Crippen molar-refractivity contribution in [1.29, 1.82) is 0 Å². The average Bonchev–Trinajstić information content (AvgIpc) is 2.63. The second kappa shape index (κ2) is 8.32. The van der Waals surface area contributed by atoms with Gasteiger partial charge in [-0.05, 0) is 54.6 Å². The molecule has 3 rings (SSSR count). The minimum atomic E-state index is -2.54. The van der Waals surface area contributed by atoms with E-state index in [4.69, 9.17) is 0 Å². The first-order chi connectivity index (χ1) is 12.0. The molecule has 0 radical (unpaired) electrons. The lowest BCUT2D eigenvalue weighted by molar-refractivity contribution is -0.914. The molecule has 1 aromatic rings. The van der Waals surface area contributed by atoms with Crippen LogP contribution in [0.3, 0.4) is 0 Å². The van der Waals surface area contributed by atoms with E-state index < -0.39 is 8.32 Å². The fraction of sp³-hybridized carbons (Fsp3) is 0.714. The second-order valence-corrected chi connectivity index (χ2v) is 12.5. The monoisotopic (exact) mass is 364 g/mol. The molecule has 2 aliphatic rings. The Morgan fingerprint density at radius 1 is 1.00 bits per heavy atom. The molecule has 0 aromatic heterocycles. The second-order valence-electron chi connectivity index (χ2n) is 8.72. The Hall–Kier alpha value is -0.713. The van der Waals surface area contributed by atoms with Gasteiger partial charge in [0.1, 0.15) is 5.82 Å². The summed E-state index contributed by atoms with van der Waals surface area (Å²) in [6.07, 6.45) is 11.3. The lowest BCUT2D eigenvalue weighted by atomic mass is 10.0. The predicted octanol–water partition coefficient (Wildman–Crippen LogP) is 4.33. The Morgan fingerprint density at radius 3 is 2.24 bits per heavy atom. The number of hydrogen-bond acceptors (Lipinski definition) is 1. The molecule has 0 amide bonds. The van der Waals surface area contributed by atoms with Gasteiger partial charge in [-0.2, -0.15) is 0 Å². The molecular weight excluding hydrogens is 329 g/mol. The molecule has 25 heavy (non-hydrogen) atoms. The minimum Gasteiger partial charge on any atom is -0.427 e. The Balaban J connectivity index is 1.70. The molecule has 4 heteroatoms. The number of halogens is 1. The number of hydrogen-bond donors (Lipinski definition) is 1. The first-order valence-electron chi connectivity index (χ1n) is 10.3. The molecule has 1 N–H and O–H groups in total. The molecular formula is C21H35FNOSi+. The molecule has 1 aliphatic carbocycles. The molecule has 140 valence electrons. The van der Waals surface area contributed by atoms with E-state index in [0.717, 1.165) is 30.5 Å². The van der Waals surface area contributed by atoms with Crippen molar-refractivity contribution in [2.75, 3.05) is 26.7 Å². The smallest absolute Gasteiger partial charge is 0.223 e. The Kier molecular flexibility index (Phi) is 6.34. The summed E-state index contributed by atoms with van der Waals surface area (Å²) in [7, 11) is -0.155. The lowest BCUT2D eigenvalue weighted by Gasteiger charge is -2.40. The Morgan fingerprint density at radius 2 is 1.60 bits per heavy atom. The summed E-state index contributed by atoms with van der Waals surface area (Å²) in [6, 6.07) is 7.75. The van der Waals surface area contributed by atoms with Gasteiger partial charge in [-0.15, -0.1) is 0 Å². The zero-order chi connectivity index (χ0) is 17.8. The molecule has 2 fully saturated rings. The predicted molar refractivity (Wildman–Crippen MR) is 105 cm³/mol. The van der Waals surface area contributed by atoms with E-state index >= 15 is 0 Å². The SMILES string of the molecule is C[N+]1(CCC[Si@@](O)(c2ccc(F)cc2)C2CCCCC2)CCCCC1. The molecule has 0 spiro atoms. The van der Waals surface area contributed by atoms with Crippen molar-refractivity contribution in [1.82, 2.24) is 0 Å². The molecule has 1 atom stereocenters. The first kappa shape index (κ1) is 19.1. The molecule has 1 heterocycles. The first-order valence-corrected chi connectivity index (χ1v) is 12.6. The van der Waals surface area contributed by atoms with Crippen LogP contribution in [0.1, 0.15) is 57.8 Å². The maximum Gasteiger partial charge on any atom is 0.223 e. The van der Waals surface area contributed by atoms with Crippen molar-refractivity contribution in [3.63, 3.8) is 0 Å². The van der Waals surface area contributed by atoms with Crippen LogP contribution in [0.25, 0.3) is 0 Å². The van der Waals surface area contributed by atoms with Crippen molar-refractivity contribution in [2.45, 2.75) is 69.4 Å². The zero-order valence-electron chi connectivity index (χ0n) is 15.9. The average molecular weight is 365 g/mol. The third kappa shape index (κ3) is 4.72. The van der Waals surface area contributed by atoms with Crippen LogP contribution >= 0.6 is 0 Å². The standard InChI is InChI=1S/C21H35FNOSi/c1-23(15-6-3-7-16-23)17-8-18-25(24,20-9-4-2-5-10-20)21-13-11-19(22)12-14-21/h11-14,20,24H,2-10,15-18H2,1H3/q+1/t25-/m0/s1. The number of piperidine rings is 1. The normalized spacial score (nSPS) is 24.0. The molecule has 1 aliphatic heterocycles. The summed E-state index contributed by atoms with van der Waals surface area (Å²) >= 11 is 0. The number of likely N-dealkylation sites (tertiary alicyclic amines) is 1. The number of rotatable bonds is 6. The summed E-state index contributed by atoms with van der Waals surface area (Å²) in [5.41, 5.74) is 0.457. The summed E-state index contributed by atoms with van der Waals surface area (Å²) < 4.78 is 14.6. The minimum absolute atomic E-state index is 0.199. The highest BCUT2D eigenvalue weighted by Crippen LogP contribution is 2.38. The van der Waals surface area contributed by atoms with Gasteiger partial charge in [-0.25, -0.2) is 4.39 Å². The molecule has 0 bridgehead atoms. The van der Waals surface area contributed by atoms with E-state index in [9.17, 15) is 9.19 Å².